The Kier molecular flexibility index (Phi) is 3.67. The Morgan fingerprint density at radius 2 is 1.69 bits per heavy atom. The van der Waals surface area contributed by atoms with Gasteiger partial charge in [-0.1, -0.05) is 0 Å². The quantitative estimate of drug-likeness (QED) is 0.681. The van der Waals surface area contributed by atoms with Crippen LogP contribution < -0.4 is 4.90 Å². The Labute approximate surface area is 85.1 Å². The van der Waals surface area contributed by atoms with Crippen LogP contribution in [0.4, 0.5) is 5.69 Å². The van der Waals surface area contributed by atoms with Gasteiger partial charge in [0.2, 0.25) is 0 Å². The summed E-state index contributed by atoms with van der Waals surface area (Å²) in [6, 6.07) is 9.23. The van der Waals surface area contributed by atoms with E-state index in [1.807, 2.05) is 0 Å². The van der Waals surface area contributed by atoms with Gasteiger partial charge in [0.05, 0.1) is 0 Å². The van der Waals surface area contributed by atoms with Gasteiger partial charge in [0, 0.05) is 23.7 Å². The van der Waals surface area contributed by atoms with E-state index in [1.54, 1.807) is 11.8 Å². The number of benzene rings is 1. The van der Waals surface area contributed by atoms with Crippen molar-refractivity contribution in [3.63, 3.8) is 0 Å². The van der Waals surface area contributed by atoms with Gasteiger partial charge in [0.25, 0.3) is 0 Å². The number of hydrogen-bond acceptors (Lipinski definition) is 2. The Balaban J connectivity index is 2.79. The minimum atomic E-state index is 0.556. The number of hydrogen-bond donors (Lipinski definition) is 0. The largest absolute Gasteiger partial charge is 0.372 e. The molecule has 13 heavy (non-hydrogen) atoms. The van der Waals surface area contributed by atoms with Crippen molar-refractivity contribution in [2.45, 2.75) is 24.8 Å². The summed E-state index contributed by atoms with van der Waals surface area (Å²) in [5, 5.41) is 0. The van der Waals surface area contributed by atoms with E-state index in [0.29, 0.717) is 6.04 Å². The zero-order chi connectivity index (χ0) is 9.84. The van der Waals surface area contributed by atoms with Crippen molar-refractivity contribution in [1.29, 1.82) is 0 Å². The van der Waals surface area contributed by atoms with Crippen molar-refractivity contribution in [2.75, 3.05) is 18.2 Å². The number of rotatable bonds is 3. The average molecular weight is 195 g/mol. The molecule has 0 aliphatic rings. The first-order chi connectivity index (χ1) is 6.15. The highest BCUT2D eigenvalue weighted by Gasteiger charge is 2.03. The molecule has 0 amide bonds. The van der Waals surface area contributed by atoms with Crippen molar-refractivity contribution >= 4 is 17.4 Å². The Bertz CT molecular complexity index is 253. The van der Waals surface area contributed by atoms with E-state index < -0.39 is 0 Å². The summed E-state index contributed by atoms with van der Waals surface area (Å²) in [4.78, 5) is 3.59. The first kappa shape index (κ1) is 10.5. The number of anilines is 1. The van der Waals surface area contributed by atoms with Crippen LogP contribution in [0.5, 0.6) is 0 Å². The summed E-state index contributed by atoms with van der Waals surface area (Å²) in [6.07, 6.45) is 2.10. The van der Waals surface area contributed by atoms with Crippen LogP contribution in [0, 0.1) is 0 Å². The van der Waals surface area contributed by atoms with Gasteiger partial charge in [-0.25, -0.2) is 0 Å². The van der Waals surface area contributed by atoms with E-state index >= 15 is 0 Å². The van der Waals surface area contributed by atoms with Crippen molar-refractivity contribution in [3.05, 3.63) is 24.3 Å². The summed E-state index contributed by atoms with van der Waals surface area (Å²) in [7, 11) is 2.12. The second kappa shape index (κ2) is 4.56. The van der Waals surface area contributed by atoms with E-state index in [-0.39, 0.29) is 0 Å². The number of thioether (sulfide) groups is 1. The molecule has 0 unspecified atom stereocenters. The monoisotopic (exact) mass is 195 g/mol. The normalized spacial score (nSPS) is 10.5. The lowest BCUT2D eigenvalue weighted by molar-refractivity contribution is 0.754. The minimum absolute atomic E-state index is 0.556. The van der Waals surface area contributed by atoms with Gasteiger partial charge >= 0.3 is 0 Å². The Hall–Kier alpha value is -0.630. The first-order valence-electron chi connectivity index (χ1n) is 4.52. The molecule has 1 aromatic carbocycles. The highest BCUT2D eigenvalue weighted by atomic mass is 32.2. The SMILES string of the molecule is CSc1ccc(N(C)C(C)C)cc1. The number of nitrogens with zero attached hydrogens (tertiary/aromatic N) is 1. The molecule has 0 fully saturated rings. The third-order valence-electron chi connectivity index (χ3n) is 2.25. The fourth-order valence-corrected chi connectivity index (χ4v) is 1.52. The maximum absolute atomic E-state index is 2.27. The molecule has 0 radical (unpaired) electrons. The standard InChI is InChI=1S/C11H17NS/c1-9(2)12(3)10-5-7-11(13-4)8-6-10/h5-9H,1-4H3. The Morgan fingerprint density at radius 3 is 2.08 bits per heavy atom. The van der Waals surface area contributed by atoms with Crippen LogP contribution in [-0.4, -0.2) is 19.3 Å². The van der Waals surface area contributed by atoms with Crippen LogP contribution in [0.25, 0.3) is 0 Å². The lowest BCUT2D eigenvalue weighted by atomic mass is 10.2. The first-order valence-corrected chi connectivity index (χ1v) is 5.74. The lowest BCUT2D eigenvalue weighted by Crippen LogP contribution is -2.25. The van der Waals surface area contributed by atoms with Gasteiger partial charge < -0.3 is 4.90 Å². The molecule has 0 saturated carbocycles. The zero-order valence-corrected chi connectivity index (χ0v) is 9.56. The van der Waals surface area contributed by atoms with E-state index in [4.69, 9.17) is 0 Å². The van der Waals surface area contributed by atoms with Gasteiger partial charge in [0.15, 0.2) is 0 Å². The van der Waals surface area contributed by atoms with Crippen molar-refractivity contribution in [2.24, 2.45) is 0 Å². The molecular formula is C11H17NS. The maximum Gasteiger partial charge on any atom is 0.0366 e. The summed E-state index contributed by atoms with van der Waals surface area (Å²) in [5.41, 5.74) is 1.28. The topological polar surface area (TPSA) is 3.24 Å². The van der Waals surface area contributed by atoms with Crippen LogP contribution in [0.2, 0.25) is 0 Å². The van der Waals surface area contributed by atoms with Gasteiger partial charge in [-0.15, -0.1) is 11.8 Å². The predicted octanol–water partition coefficient (Wildman–Crippen LogP) is 3.25. The molecule has 1 rings (SSSR count). The molecule has 1 aromatic rings. The summed E-state index contributed by atoms with van der Waals surface area (Å²) in [5.74, 6) is 0. The lowest BCUT2D eigenvalue weighted by Gasteiger charge is -2.23. The molecule has 0 N–H and O–H groups in total. The molecule has 1 nitrogen and oxygen atoms in total. The molecule has 0 aliphatic carbocycles. The molecule has 0 spiro atoms. The van der Waals surface area contributed by atoms with Crippen molar-refractivity contribution in [1.82, 2.24) is 0 Å². The smallest absolute Gasteiger partial charge is 0.0366 e. The van der Waals surface area contributed by atoms with Crippen LogP contribution in [0.3, 0.4) is 0 Å². The summed E-state index contributed by atoms with van der Waals surface area (Å²) in [6.45, 7) is 4.39. The molecule has 0 saturated heterocycles. The van der Waals surface area contributed by atoms with Gasteiger partial charge in [0.1, 0.15) is 0 Å². The third-order valence-corrected chi connectivity index (χ3v) is 3.00. The van der Waals surface area contributed by atoms with Gasteiger partial charge in [-0.3, -0.25) is 0 Å². The maximum atomic E-state index is 2.27. The van der Waals surface area contributed by atoms with Crippen molar-refractivity contribution < 1.29 is 0 Å². The fourth-order valence-electron chi connectivity index (χ4n) is 1.12. The van der Waals surface area contributed by atoms with E-state index in [9.17, 15) is 0 Å². The molecule has 0 heterocycles. The summed E-state index contributed by atoms with van der Waals surface area (Å²) < 4.78 is 0. The summed E-state index contributed by atoms with van der Waals surface area (Å²) >= 11 is 1.78. The molecule has 0 bridgehead atoms. The van der Waals surface area contributed by atoms with E-state index in [1.165, 1.54) is 10.6 Å². The molecule has 2 heteroatoms. The van der Waals surface area contributed by atoms with Gasteiger partial charge in [-0.2, -0.15) is 0 Å². The fraction of sp³-hybridized carbons (Fsp3) is 0.455. The molecular weight excluding hydrogens is 178 g/mol. The van der Waals surface area contributed by atoms with Crippen LogP contribution in [0.15, 0.2) is 29.2 Å². The molecule has 0 aliphatic heterocycles. The molecule has 0 atom stereocenters. The van der Waals surface area contributed by atoms with E-state index in [2.05, 4.69) is 56.3 Å². The molecule has 72 valence electrons. The highest BCUT2D eigenvalue weighted by molar-refractivity contribution is 7.98. The van der Waals surface area contributed by atoms with E-state index in [0.717, 1.165) is 0 Å². The third kappa shape index (κ3) is 2.66. The van der Waals surface area contributed by atoms with Crippen molar-refractivity contribution in [3.8, 4) is 0 Å². The van der Waals surface area contributed by atoms with Gasteiger partial charge in [-0.05, 0) is 44.4 Å². The van der Waals surface area contributed by atoms with Crippen LogP contribution >= 0.6 is 11.8 Å². The van der Waals surface area contributed by atoms with Crippen LogP contribution in [-0.2, 0) is 0 Å². The van der Waals surface area contributed by atoms with Crippen LogP contribution in [0.1, 0.15) is 13.8 Å². The highest BCUT2D eigenvalue weighted by Crippen LogP contribution is 2.20. The second-order valence-corrected chi connectivity index (χ2v) is 4.28. The molecule has 0 aromatic heterocycles. The zero-order valence-electron chi connectivity index (χ0n) is 8.74. The second-order valence-electron chi connectivity index (χ2n) is 3.40. The minimum Gasteiger partial charge on any atom is -0.372 e. The average Bonchev–Trinajstić information content (AvgIpc) is 2.17. The predicted molar refractivity (Wildman–Crippen MR) is 61.8 cm³/mol. The Morgan fingerprint density at radius 1 is 1.15 bits per heavy atom.